The van der Waals surface area contributed by atoms with E-state index in [4.69, 9.17) is 0 Å². The van der Waals surface area contributed by atoms with Gasteiger partial charge in [0.1, 0.15) is 6.29 Å². The molecule has 0 atom stereocenters. The Hall–Kier alpha value is -2.42. The molecule has 3 nitrogen and oxygen atoms in total. The van der Waals surface area contributed by atoms with Crippen molar-refractivity contribution in [3.05, 3.63) is 64.7 Å². The standard InChI is InChI=1S/C23H27NO2/c1-22(2)12-13-23(3,4)20-14-18(10-11-19(20)22)24(5)21(26)17-8-6-16(15-25)7-9-17/h6-11,14-15H,12-13H2,1-5H3. The maximum Gasteiger partial charge on any atom is 0.258 e. The van der Waals surface area contributed by atoms with Crippen LogP contribution in [0.2, 0.25) is 0 Å². The first-order valence-corrected chi connectivity index (χ1v) is 9.14. The summed E-state index contributed by atoms with van der Waals surface area (Å²) in [6.07, 6.45) is 3.09. The minimum absolute atomic E-state index is 0.0738. The summed E-state index contributed by atoms with van der Waals surface area (Å²) in [6, 6.07) is 13.2. The molecule has 0 bridgehead atoms. The molecule has 0 N–H and O–H groups in total. The average Bonchev–Trinajstić information content (AvgIpc) is 2.64. The molecular formula is C23H27NO2. The summed E-state index contributed by atoms with van der Waals surface area (Å²) in [5.41, 5.74) is 5.04. The summed E-state index contributed by atoms with van der Waals surface area (Å²) in [7, 11) is 1.80. The van der Waals surface area contributed by atoms with Gasteiger partial charge in [-0.1, -0.05) is 45.9 Å². The van der Waals surface area contributed by atoms with Gasteiger partial charge in [0.25, 0.3) is 5.91 Å². The number of aldehydes is 1. The van der Waals surface area contributed by atoms with Crippen LogP contribution in [0, 0.1) is 0 Å². The van der Waals surface area contributed by atoms with Crippen molar-refractivity contribution in [1.82, 2.24) is 0 Å². The Morgan fingerprint density at radius 2 is 1.50 bits per heavy atom. The Bertz CT molecular complexity index is 847. The Morgan fingerprint density at radius 1 is 0.923 bits per heavy atom. The number of hydrogen-bond acceptors (Lipinski definition) is 2. The molecule has 3 heteroatoms. The lowest BCUT2D eigenvalue weighted by molar-refractivity contribution is 0.0992. The minimum atomic E-state index is -0.0738. The Labute approximate surface area is 156 Å². The fraction of sp³-hybridized carbons (Fsp3) is 0.391. The lowest BCUT2D eigenvalue weighted by Crippen LogP contribution is -2.34. The van der Waals surface area contributed by atoms with E-state index in [1.54, 1.807) is 36.2 Å². The van der Waals surface area contributed by atoms with Crippen LogP contribution < -0.4 is 4.90 Å². The highest BCUT2D eigenvalue weighted by Crippen LogP contribution is 2.46. The molecule has 1 amide bonds. The zero-order valence-corrected chi connectivity index (χ0v) is 16.3. The van der Waals surface area contributed by atoms with Crippen LogP contribution in [0.25, 0.3) is 0 Å². The number of carbonyl (C=O) groups is 2. The predicted octanol–water partition coefficient (Wildman–Crippen LogP) is 5.12. The first-order valence-electron chi connectivity index (χ1n) is 9.14. The van der Waals surface area contributed by atoms with E-state index in [0.29, 0.717) is 11.1 Å². The molecule has 0 heterocycles. The lowest BCUT2D eigenvalue weighted by atomic mass is 9.63. The largest absolute Gasteiger partial charge is 0.311 e. The normalized spacial score (nSPS) is 17.3. The Kier molecular flexibility index (Phi) is 4.51. The summed E-state index contributed by atoms with van der Waals surface area (Å²) in [6.45, 7) is 9.16. The molecule has 0 spiro atoms. The molecule has 2 aromatic rings. The summed E-state index contributed by atoms with van der Waals surface area (Å²) in [5.74, 6) is -0.0738. The topological polar surface area (TPSA) is 37.4 Å². The zero-order chi connectivity index (χ0) is 19.1. The molecular weight excluding hydrogens is 322 g/mol. The molecule has 0 aliphatic heterocycles. The molecule has 2 aromatic carbocycles. The van der Waals surface area contributed by atoms with Gasteiger partial charge in [0, 0.05) is 23.9 Å². The number of carbonyl (C=O) groups excluding carboxylic acids is 2. The predicted molar refractivity (Wildman–Crippen MR) is 106 cm³/mol. The van der Waals surface area contributed by atoms with Crippen LogP contribution in [-0.2, 0) is 10.8 Å². The number of fused-ring (bicyclic) bond motifs is 1. The van der Waals surface area contributed by atoms with Crippen LogP contribution in [0.15, 0.2) is 42.5 Å². The highest BCUT2D eigenvalue weighted by Gasteiger charge is 2.37. The molecule has 1 aliphatic carbocycles. The average molecular weight is 349 g/mol. The fourth-order valence-electron chi connectivity index (χ4n) is 3.80. The van der Waals surface area contributed by atoms with Crippen molar-refractivity contribution in [3.63, 3.8) is 0 Å². The van der Waals surface area contributed by atoms with E-state index in [0.717, 1.165) is 18.4 Å². The quantitative estimate of drug-likeness (QED) is 0.721. The maximum atomic E-state index is 12.8. The summed E-state index contributed by atoms with van der Waals surface area (Å²) in [5, 5.41) is 0. The maximum absolute atomic E-state index is 12.8. The van der Waals surface area contributed by atoms with E-state index in [9.17, 15) is 9.59 Å². The molecule has 136 valence electrons. The number of nitrogens with zero attached hydrogens (tertiary/aromatic N) is 1. The second-order valence-electron chi connectivity index (χ2n) is 8.60. The molecule has 0 fully saturated rings. The fourth-order valence-corrected chi connectivity index (χ4v) is 3.80. The highest BCUT2D eigenvalue weighted by molar-refractivity contribution is 6.06. The van der Waals surface area contributed by atoms with E-state index in [1.165, 1.54) is 17.5 Å². The van der Waals surface area contributed by atoms with Crippen LogP contribution >= 0.6 is 0 Å². The molecule has 3 rings (SSSR count). The molecule has 1 aliphatic rings. The van der Waals surface area contributed by atoms with Crippen molar-refractivity contribution in [2.24, 2.45) is 0 Å². The number of anilines is 1. The van der Waals surface area contributed by atoms with Gasteiger partial charge in [-0.15, -0.1) is 0 Å². The van der Waals surface area contributed by atoms with Crippen LogP contribution in [0.1, 0.15) is 72.4 Å². The van der Waals surface area contributed by atoms with Gasteiger partial charge in [0.2, 0.25) is 0 Å². The molecule has 0 saturated carbocycles. The first-order chi connectivity index (χ1) is 12.2. The van der Waals surface area contributed by atoms with Crippen LogP contribution in [-0.4, -0.2) is 19.2 Å². The number of benzene rings is 2. The van der Waals surface area contributed by atoms with E-state index >= 15 is 0 Å². The molecule has 26 heavy (non-hydrogen) atoms. The van der Waals surface area contributed by atoms with Crippen LogP contribution in [0.5, 0.6) is 0 Å². The van der Waals surface area contributed by atoms with Crippen LogP contribution in [0.3, 0.4) is 0 Å². The SMILES string of the molecule is CN(C(=O)c1ccc(C=O)cc1)c1ccc2c(c1)C(C)(C)CCC2(C)C. The summed E-state index contributed by atoms with van der Waals surface area (Å²) in [4.78, 5) is 25.3. The van der Waals surface area contributed by atoms with E-state index < -0.39 is 0 Å². The highest BCUT2D eigenvalue weighted by atomic mass is 16.2. The first kappa shape index (κ1) is 18.4. The number of amides is 1. The zero-order valence-electron chi connectivity index (χ0n) is 16.3. The van der Waals surface area contributed by atoms with E-state index in [2.05, 4.69) is 39.8 Å². The Morgan fingerprint density at radius 3 is 2.08 bits per heavy atom. The van der Waals surface area contributed by atoms with Gasteiger partial charge in [0.15, 0.2) is 0 Å². The van der Waals surface area contributed by atoms with E-state index in [1.807, 2.05) is 6.07 Å². The molecule has 0 unspecified atom stereocenters. The Balaban J connectivity index is 1.96. The van der Waals surface area contributed by atoms with Crippen LogP contribution in [0.4, 0.5) is 5.69 Å². The van der Waals surface area contributed by atoms with Gasteiger partial charge in [-0.25, -0.2) is 0 Å². The summed E-state index contributed by atoms with van der Waals surface area (Å²) < 4.78 is 0. The third kappa shape index (κ3) is 3.18. The minimum Gasteiger partial charge on any atom is -0.311 e. The van der Waals surface area contributed by atoms with Gasteiger partial charge in [-0.2, -0.15) is 0 Å². The second kappa shape index (κ2) is 6.39. The lowest BCUT2D eigenvalue weighted by Gasteiger charge is -2.42. The van der Waals surface area contributed by atoms with Gasteiger partial charge >= 0.3 is 0 Å². The van der Waals surface area contributed by atoms with Crippen molar-refractivity contribution in [2.75, 3.05) is 11.9 Å². The number of rotatable bonds is 3. The number of hydrogen-bond donors (Lipinski definition) is 0. The van der Waals surface area contributed by atoms with Gasteiger partial charge in [0.05, 0.1) is 0 Å². The van der Waals surface area contributed by atoms with Gasteiger partial charge in [-0.3, -0.25) is 9.59 Å². The molecule has 0 aromatic heterocycles. The van der Waals surface area contributed by atoms with Crippen molar-refractivity contribution in [3.8, 4) is 0 Å². The molecule has 0 radical (unpaired) electrons. The van der Waals surface area contributed by atoms with Crippen molar-refractivity contribution in [1.29, 1.82) is 0 Å². The molecule has 0 saturated heterocycles. The smallest absolute Gasteiger partial charge is 0.258 e. The third-order valence-electron chi connectivity index (χ3n) is 5.82. The summed E-state index contributed by atoms with van der Waals surface area (Å²) >= 11 is 0. The third-order valence-corrected chi connectivity index (χ3v) is 5.82. The van der Waals surface area contributed by atoms with Crippen molar-refractivity contribution >= 4 is 17.9 Å². The van der Waals surface area contributed by atoms with Crippen molar-refractivity contribution in [2.45, 2.75) is 51.4 Å². The van der Waals surface area contributed by atoms with Gasteiger partial charge < -0.3 is 4.90 Å². The van der Waals surface area contributed by atoms with E-state index in [-0.39, 0.29) is 16.7 Å². The van der Waals surface area contributed by atoms with Crippen molar-refractivity contribution < 1.29 is 9.59 Å². The monoisotopic (exact) mass is 349 g/mol. The van der Waals surface area contributed by atoms with Gasteiger partial charge in [-0.05, 0) is 59.1 Å². The second-order valence-corrected chi connectivity index (χ2v) is 8.60.